The maximum Gasteiger partial charge on any atom is 0.0474 e. The first-order valence-electron chi connectivity index (χ1n) is 6.32. The average molecular weight is 236 g/mol. The third-order valence-electron chi connectivity index (χ3n) is 2.81. The van der Waals surface area contributed by atoms with Gasteiger partial charge in [-0.1, -0.05) is 25.1 Å². The van der Waals surface area contributed by atoms with E-state index in [0.29, 0.717) is 0 Å². The number of anilines is 1. The van der Waals surface area contributed by atoms with Crippen molar-refractivity contribution in [2.75, 3.05) is 32.5 Å². The molecule has 1 aromatic carbocycles. The van der Waals surface area contributed by atoms with Crippen molar-refractivity contribution in [3.63, 3.8) is 0 Å². The van der Waals surface area contributed by atoms with E-state index in [4.69, 9.17) is 10.5 Å². The molecule has 3 nitrogen and oxygen atoms in total. The van der Waals surface area contributed by atoms with Crippen LogP contribution in [0.15, 0.2) is 24.3 Å². The third kappa shape index (κ3) is 5.20. The number of nitrogens with zero attached hydrogens (tertiary/aromatic N) is 1. The van der Waals surface area contributed by atoms with Gasteiger partial charge in [-0.15, -0.1) is 0 Å². The van der Waals surface area contributed by atoms with Gasteiger partial charge in [0.2, 0.25) is 0 Å². The van der Waals surface area contributed by atoms with E-state index in [1.165, 1.54) is 12.0 Å². The summed E-state index contributed by atoms with van der Waals surface area (Å²) in [5, 5.41) is 0. The third-order valence-corrected chi connectivity index (χ3v) is 2.81. The van der Waals surface area contributed by atoms with Gasteiger partial charge < -0.3 is 10.5 Å². The summed E-state index contributed by atoms with van der Waals surface area (Å²) in [5.41, 5.74) is 8.08. The molecule has 17 heavy (non-hydrogen) atoms. The first kappa shape index (κ1) is 14.0. The molecule has 0 aliphatic rings. The summed E-state index contributed by atoms with van der Waals surface area (Å²) in [6.45, 7) is 6.14. The number of nitrogen functional groups attached to an aromatic ring is 1. The highest BCUT2D eigenvalue weighted by Gasteiger charge is 2.06. The van der Waals surface area contributed by atoms with Gasteiger partial charge in [-0.05, 0) is 31.0 Å². The Labute approximate surface area is 105 Å². The molecule has 0 spiro atoms. The zero-order chi connectivity index (χ0) is 12.5. The van der Waals surface area contributed by atoms with Crippen LogP contribution >= 0.6 is 0 Å². The van der Waals surface area contributed by atoms with Gasteiger partial charge in [0.25, 0.3) is 0 Å². The minimum atomic E-state index is 0.824. The van der Waals surface area contributed by atoms with Gasteiger partial charge in [0.15, 0.2) is 0 Å². The molecule has 0 heterocycles. The molecule has 0 aliphatic carbocycles. The van der Waals surface area contributed by atoms with Crippen LogP contribution in [0.2, 0.25) is 0 Å². The number of hydrogen-bond donors (Lipinski definition) is 1. The minimum absolute atomic E-state index is 0.824. The maximum atomic E-state index is 5.97. The Morgan fingerprint density at radius 3 is 2.65 bits per heavy atom. The molecule has 1 aromatic rings. The predicted octanol–water partition coefficient (Wildman–Crippen LogP) is 2.52. The quantitative estimate of drug-likeness (QED) is 0.557. The van der Waals surface area contributed by atoms with Crippen molar-refractivity contribution in [3.8, 4) is 0 Å². The first-order valence-corrected chi connectivity index (χ1v) is 6.32. The Morgan fingerprint density at radius 2 is 2.00 bits per heavy atom. The smallest absolute Gasteiger partial charge is 0.0474 e. The molecule has 96 valence electrons. The van der Waals surface area contributed by atoms with E-state index in [1.54, 1.807) is 7.11 Å². The fraction of sp³-hybridized carbons (Fsp3) is 0.571. The summed E-state index contributed by atoms with van der Waals surface area (Å²) in [7, 11) is 1.75. The molecule has 2 N–H and O–H groups in total. The second-order valence-electron chi connectivity index (χ2n) is 4.32. The fourth-order valence-electron chi connectivity index (χ4n) is 1.94. The largest absolute Gasteiger partial charge is 0.398 e. The molecule has 1 rings (SSSR count). The van der Waals surface area contributed by atoms with Gasteiger partial charge in [-0.25, -0.2) is 0 Å². The number of ether oxygens (including phenoxy) is 1. The topological polar surface area (TPSA) is 38.5 Å². The molecular formula is C14H24N2O. The first-order chi connectivity index (χ1) is 8.27. The van der Waals surface area contributed by atoms with Crippen LogP contribution in [-0.4, -0.2) is 31.7 Å². The summed E-state index contributed by atoms with van der Waals surface area (Å²) >= 11 is 0. The summed E-state index contributed by atoms with van der Waals surface area (Å²) in [4.78, 5) is 2.44. The lowest BCUT2D eigenvalue weighted by atomic mass is 10.1. The Morgan fingerprint density at radius 1 is 1.24 bits per heavy atom. The van der Waals surface area contributed by atoms with Gasteiger partial charge in [-0.2, -0.15) is 0 Å². The van der Waals surface area contributed by atoms with Gasteiger partial charge in [0, 0.05) is 32.5 Å². The van der Waals surface area contributed by atoms with Crippen LogP contribution < -0.4 is 5.73 Å². The normalized spacial score (nSPS) is 11.0. The molecule has 0 saturated heterocycles. The summed E-state index contributed by atoms with van der Waals surface area (Å²) in [6.07, 6.45) is 2.24. The molecule has 0 fully saturated rings. The van der Waals surface area contributed by atoms with Crippen LogP contribution in [0.4, 0.5) is 5.69 Å². The molecule has 0 bridgehead atoms. The van der Waals surface area contributed by atoms with Crippen LogP contribution in [0, 0.1) is 0 Å². The van der Waals surface area contributed by atoms with Crippen LogP contribution in [0.3, 0.4) is 0 Å². The molecular weight excluding hydrogens is 212 g/mol. The van der Waals surface area contributed by atoms with E-state index in [1.807, 2.05) is 18.2 Å². The zero-order valence-electron chi connectivity index (χ0n) is 11.0. The van der Waals surface area contributed by atoms with Crippen LogP contribution in [0.25, 0.3) is 0 Å². The number of nitrogens with two attached hydrogens (primary N) is 1. The lowest BCUT2D eigenvalue weighted by molar-refractivity contribution is 0.169. The van der Waals surface area contributed by atoms with Crippen molar-refractivity contribution >= 4 is 5.69 Å². The number of methoxy groups -OCH3 is 1. The van der Waals surface area contributed by atoms with Crippen molar-refractivity contribution in [3.05, 3.63) is 29.8 Å². The van der Waals surface area contributed by atoms with Crippen LogP contribution in [0.1, 0.15) is 25.3 Å². The van der Waals surface area contributed by atoms with Crippen molar-refractivity contribution in [2.24, 2.45) is 0 Å². The molecule has 0 saturated carbocycles. The standard InChI is InChI=1S/C14H24N2O/c1-3-9-16(10-6-11-17-2)12-13-7-4-5-8-14(13)15/h4-5,7-8H,3,6,9-12,15H2,1-2H3. The highest BCUT2D eigenvalue weighted by Crippen LogP contribution is 2.13. The maximum absolute atomic E-state index is 5.97. The van der Waals surface area contributed by atoms with Gasteiger partial charge in [-0.3, -0.25) is 4.90 Å². The zero-order valence-corrected chi connectivity index (χ0v) is 11.0. The summed E-state index contributed by atoms with van der Waals surface area (Å²) in [6, 6.07) is 8.10. The fourth-order valence-corrected chi connectivity index (χ4v) is 1.94. The monoisotopic (exact) mass is 236 g/mol. The van der Waals surface area contributed by atoms with E-state index < -0.39 is 0 Å². The molecule has 0 radical (unpaired) electrons. The Hall–Kier alpha value is -1.06. The minimum Gasteiger partial charge on any atom is -0.398 e. The number of benzene rings is 1. The van der Waals surface area contributed by atoms with E-state index in [0.717, 1.165) is 38.3 Å². The summed E-state index contributed by atoms with van der Waals surface area (Å²) in [5.74, 6) is 0. The molecule has 0 amide bonds. The molecule has 3 heteroatoms. The molecule has 0 atom stereocenters. The van der Waals surface area contributed by atoms with Crippen LogP contribution in [-0.2, 0) is 11.3 Å². The van der Waals surface area contributed by atoms with E-state index >= 15 is 0 Å². The van der Waals surface area contributed by atoms with Gasteiger partial charge in [0.1, 0.15) is 0 Å². The van der Waals surface area contributed by atoms with Crippen molar-refractivity contribution in [2.45, 2.75) is 26.3 Å². The van der Waals surface area contributed by atoms with E-state index in [2.05, 4.69) is 17.9 Å². The highest BCUT2D eigenvalue weighted by atomic mass is 16.5. The lowest BCUT2D eigenvalue weighted by Crippen LogP contribution is -2.26. The van der Waals surface area contributed by atoms with Crippen LogP contribution in [0.5, 0.6) is 0 Å². The number of hydrogen-bond acceptors (Lipinski definition) is 3. The second kappa shape index (κ2) is 8.09. The van der Waals surface area contributed by atoms with Crippen molar-refractivity contribution < 1.29 is 4.74 Å². The van der Waals surface area contributed by atoms with E-state index in [-0.39, 0.29) is 0 Å². The lowest BCUT2D eigenvalue weighted by Gasteiger charge is -2.22. The van der Waals surface area contributed by atoms with Gasteiger partial charge in [0.05, 0.1) is 0 Å². The van der Waals surface area contributed by atoms with E-state index in [9.17, 15) is 0 Å². The molecule has 0 aromatic heterocycles. The molecule has 0 unspecified atom stereocenters. The highest BCUT2D eigenvalue weighted by molar-refractivity contribution is 5.46. The SMILES string of the molecule is CCCN(CCCOC)Cc1ccccc1N. The number of rotatable bonds is 8. The second-order valence-corrected chi connectivity index (χ2v) is 4.32. The van der Waals surface area contributed by atoms with Gasteiger partial charge >= 0.3 is 0 Å². The Kier molecular flexibility index (Phi) is 6.67. The van der Waals surface area contributed by atoms with Crippen molar-refractivity contribution in [1.82, 2.24) is 4.90 Å². The summed E-state index contributed by atoms with van der Waals surface area (Å²) < 4.78 is 5.09. The van der Waals surface area contributed by atoms with Crippen molar-refractivity contribution in [1.29, 1.82) is 0 Å². The molecule has 0 aliphatic heterocycles. The number of para-hydroxylation sites is 1. The Bertz CT molecular complexity index is 315. The average Bonchev–Trinajstić information content (AvgIpc) is 2.32. The predicted molar refractivity (Wildman–Crippen MR) is 72.9 cm³/mol. The Balaban J connectivity index is 2.50.